The van der Waals surface area contributed by atoms with Crippen LogP contribution in [0.4, 0.5) is 0 Å². The maximum Gasteiger partial charge on any atom is 0.219 e. The average molecular weight is 315 g/mol. The van der Waals surface area contributed by atoms with Gasteiger partial charge in [-0.25, -0.2) is 0 Å². The summed E-state index contributed by atoms with van der Waals surface area (Å²) in [7, 11) is 1.61. The highest BCUT2D eigenvalue weighted by Gasteiger charge is 2.22. The van der Waals surface area contributed by atoms with Crippen LogP contribution in [0.2, 0.25) is 0 Å². The molecule has 0 heterocycles. The third-order valence-electron chi connectivity index (χ3n) is 3.21. The molecule has 0 bridgehead atoms. The number of carbonyl (C=O) groups excluding carboxylic acids is 1. The van der Waals surface area contributed by atoms with Crippen molar-refractivity contribution in [3.8, 4) is 5.75 Å². The van der Waals surface area contributed by atoms with Gasteiger partial charge < -0.3 is 16.2 Å². The van der Waals surface area contributed by atoms with Crippen molar-refractivity contribution in [2.24, 2.45) is 11.5 Å². The molecule has 4 nitrogen and oxygen atoms in total. The van der Waals surface area contributed by atoms with E-state index in [2.05, 4.69) is 15.9 Å². The lowest BCUT2D eigenvalue weighted by Gasteiger charge is -2.22. The number of ether oxygens (including phenoxy) is 1. The van der Waals surface area contributed by atoms with Crippen LogP contribution in [-0.2, 0) is 4.79 Å². The SMILES string of the molecule is COc1c(C)c(C)c(Br)c(C)c1C(N)CC(N)=O. The molecule has 100 valence electrons. The van der Waals surface area contributed by atoms with E-state index in [1.165, 1.54) is 0 Å². The number of nitrogens with two attached hydrogens (primary N) is 2. The maximum absolute atomic E-state index is 11.0. The summed E-state index contributed by atoms with van der Waals surface area (Å²) in [6.07, 6.45) is 0.103. The lowest BCUT2D eigenvalue weighted by Crippen LogP contribution is -2.22. The van der Waals surface area contributed by atoms with Gasteiger partial charge in [0.05, 0.1) is 7.11 Å². The molecule has 1 atom stereocenters. The van der Waals surface area contributed by atoms with Crippen LogP contribution in [0.5, 0.6) is 5.75 Å². The van der Waals surface area contributed by atoms with Crippen molar-refractivity contribution in [1.29, 1.82) is 0 Å². The van der Waals surface area contributed by atoms with Gasteiger partial charge in [0.2, 0.25) is 5.91 Å². The number of benzene rings is 1. The fraction of sp³-hybridized carbons (Fsp3) is 0.462. The zero-order valence-electron chi connectivity index (χ0n) is 11.1. The third kappa shape index (κ3) is 2.67. The van der Waals surface area contributed by atoms with Crippen LogP contribution >= 0.6 is 15.9 Å². The van der Waals surface area contributed by atoms with E-state index in [1.807, 2.05) is 20.8 Å². The van der Waals surface area contributed by atoms with Crippen LogP contribution in [0.25, 0.3) is 0 Å². The third-order valence-corrected chi connectivity index (χ3v) is 4.40. The van der Waals surface area contributed by atoms with E-state index >= 15 is 0 Å². The van der Waals surface area contributed by atoms with Gasteiger partial charge in [0.25, 0.3) is 0 Å². The number of hydrogen-bond acceptors (Lipinski definition) is 3. The molecule has 1 amide bonds. The van der Waals surface area contributed by atoms with Crippen LogP contribution in [0.1, 0.15) is 34.7 Å². The van der Waals surface area contributed by atoms with Crippen molar-refractivity contribution in [2.75, 3.05) is 7.11 Å². The van der Waals surface area contributed by atoms with E-state index in [0.717, 1.165) is 32.5 Å². The summed E-state index contributed by atoms with van der Waals surface area (Å²) in [5.74, 6) is 0.320. The van der Waals surface area contributed by atoms with E-state index in [9.17, 15) is 4.79 Å². The Kier molecular flexibility index (Phi) is 4.76. The Bertz CT molecular complexity index is 487. The lowest BCUT2D eigenvalue weighted by molar-refractivity contribution is -0.118. The lowest BCUT2D eigenvalue weighted by atomic mass is 9.93. The number of halogens is 1. The first-order valence-electron chi connectivity index (χ1n) is 5.68. The van der Waals surface area contributed by atoms with Gasteiger partial charge in [-0.1, -0.05) is 15.9 Å². The standard InChI is InChI=1S/C13H19BrN2O2/c1-6-7(2)13(18-4)11(8(3)12(6)14)9(15)5-10(16)17/h9H,5,15H2,1-4H3,(H2,16,17). The first-order chi connectivity index (χ1) is 8.31. The average Bonchev–Trinajstić information content (AvgIpc) is 2.29. The zero-order chi connectivity index (χ0) is 14.0. The molecule has 0 aliphatic heterocycles. The van der Waals surface area contributed by atoms with Gasteiger partial charge in [-0.05, 0) is 37.5 Å². The Balaban J connectivity index is 3.46. The summed E-state index contributed by atoms with van der Waals surface area (Å²) >= 11 is 3.55. The molecule has 0 aliphatic carbocycles. The van der Waals surface area contributed by atoms with E-state index in [0.29, 0.717) is 0 Å². The molecule has 0 radical (unpaired) electrons. The number of amides is 1. The largest absolute Gasteiger partial charge is 0.496 e. The van der Waals surface area contributed by atoms with Crippen LogP contribution < -0.4 is 16.2 Å². The van der Waals surface area contributed by atoms with Gasteiger partial charge in [-0.3, -0.25) is 4.79 Å². The summed E-state index contributed by atoms with van der Waals surface area (Å²) < 4.78 is 6.44. The fourth-order valence-electron chi connectivity index (χ4n) is 2.14. The van der Waals surface area contributed by atoms with Crippen molar-refractivity contribution in [3.05, 3.63) is 26.7 Å². The normalized spacial score (nSPS) is 12.3. The van der Waals surface area contributed by atoms with Gasteiger partial charge in [-0.15, -0.1) is 0 Å². The minimum absolute atomic E-state index is 0.103. The van der Waals surface area contributed by atoms with Gasteiger partial charge in [0, 0.05) is 22.5 Å². The second kappa shape index (κ2) is 5.71. The molecule has 0 spiro atoms. The second-order valence-corrected chi connectivity index (χ2v) is 5.21. The minimum Gasteiger partial charge on any atom is -0.496 e. The van der Waals surface area contributed by atoms with E-state index in [1.54, 1.807) is 7.11 Å². The van der Waals surface area contributed by atoms with Gasteiger partial charge in [-0.2, -0.15) is 0 Å². The van der Waals surface area contributed by atoms with E-state index in [-0.39, 0.29) is 6.42 Å². The highest BCUT2D eigenvalue weighted by atomic mass is 79.9. The molecule has 0 aromatic heterocycles. The Labute approximate surface area is 116 Å². The van der Waals surface area contributed by atoms with Gasteiger partial charge in [0.15, 0.2) is 0 Å². The molecule has 1 aromatic carbocycles. The van der Waals surface area contributed by atoms with Crippen molar-refractivity contribution in [2.45, 2.75) is 33.2 Å². The molecule has 1 unspecified atom stereocenters. The predicted molar refractivity (Wildman–Crippen MR) is 75.6 cm³/mol. The number of hydrogen-bond donors (Lipinski definition) is 2. The molecule has 5 heteroatoms. The Hall–Kier alpha value is -1.07. The van der Waals surface area contributed by atoms with E-state index < -0.39 is 11.9 Å². The highest BCUT2D eigenvalue weighted by Crippen LogP contribution is 2.39. The van der Waals surface area contributed by atoms with Crippen molar-refractivity contribution in [1.82, 2.24) is 0 Å². The zero-order valence-corrected chi connectivity index (χ0v) is 12.7. The van der Waals surface area contributed by atoms with Crippen molar-refractivity contribution in [3.63, 3.8) is 0 Å². The molecule has 18 heavy (non-hydrogen) atoms. The van der Waals surface area contributed by atoms with Gasteiger partial charge >= 0.3 is 0 Å². The number of primary amides is 1. The Morgan fingerprint density at radius 2 is 1.83 bits per heavy atom. The molecular formula is C13H19BrN2O2. The van der Waals surface area contributed by atoms with Crippen LogP contribution in [0, 0.1) is 20.8 Å². The molecule has 0 fully saturated rings. The highest BCUT2D eigenvalue weighted by molar-refractivity contribution is 9.10. The molecule has 0 saturated carbocycles. The maximum atomic E-state index is 11.0. The summed E-state index contributed by atoms with van der Waals surface area (Å²) in [6, 6.07) is -0.451. The van der Waals surface area contributed by atoms with Crippen LogP contribution in [0.3, 0.4) is 0 Å². The van der Waals surface area contributed by atoms with Gasteiger partial charge in [0.1, 0.15) is 5.75 Å². The topological polar surface area (TPSA) is 78.3 Å². The smallest absolute Gasteiger partial charge is 0.219 e. The first-order valence-corrected chi connectivity index (χ1v) is 6.47. The Morgan fingerprint density at radius 3 is 2.28 bits per heavy atom. The predicted octanol–water partition coefficient (Wildman–Crippen LogP) is 2.26. The molecule has 0 aliphatic rings. The van der Waals surface area contributed by atoms with Crippen LogP contribution in [0.15, 0.2) is 4.47 Å². The first kappa shape index (κ1) is 15.0. The monoisotopic (exact) mass is 314 g/mol. The van der Waals surface area contributed by atoms with Crippen LogP contribution in [-0.4, -0.2) is 13.0 Å². The minimum atomic E-state index is -0.451. The van der Waals surface area contributed by atoms with Crippen molar-refractivity contribution >= 4 is 21.8 Å². The molecule has 0 saturated heterocycles. The summed E-state index contributed by atoms with van der Waals surface area (Å²) in [6.45, 7) is 5.94. The summed E-state index contributed by atoms with van der Waals surface area (Å²) in [4.78, 5) is 11.0. The Morgan fingerprint density at radius 1 is 1.28 bits per heavy atom. The number of methoxy groups -OCH3 is 1. The number of carbonyl (C=O) groups is 1. The summed E-state index contributed by atoms with van der Waals surface area (Å²) in [5, 5.41) is 0. The van der Waals surface area contributed by atoms with Crippen molar-refractivity contribution < 1.29 is 9.53 Å². The molecule has 4 N–H and O–H groups in total. The van der Waals surface area contributed by atoms with E-state index in [4.69, 9.17) is 16.2 Å². The fourth-order valence-corrected chi connectivity index (χ4v) is 2.65. The quantitative estimate of drug-likeness (QED) is 0.894. The summed E-state index contributed by atoms with van der Waals surface area (Å²) in [5.41, 5.74) is 15.2. The number of rotatable bonds is 4. The molecule has 1 aromatic rings. The molecule has 1 rings (SSSR count). The second-order valence-electron chi connectivity index (χ2n) is 4.41. The molecular weight excluding hydrogens is 296 g/mol.